The van der Waals surface area contributed by atoms with Crippen LogP contribution in [0.25, 0.3) is 0 Å². The second-order valence-corrected chi connectivity index (χ2v) is 6.84. The smallest absolute Gasteiger partial charge is 0.240 e. The fourth-order valence-corrected chi connectivity index (χ4v) is 3.40. The molecule has 0 bridgehead atoms. The molecule has 1 amide bonds. The molecule has 3 rings (SSSR count). The van der Waals surface area contributed by atoms with E-state index in [9.17, 15) is 4.79 Å². The minimum Gasteiger partial charge on any atom is -0.338 e. The number of hydrogen-bond acceptors (Lipinski definition) is 5. The molecule has 1 N–H and O–H groups in total. The van der Waals surface area contributed by atoms with E-state index >= 15 is 0 Å². The molecule has 0 aliphatic carbocycles. The van der Waals surface area contributed by atoms with Crippen LogP contribution in [0.5, 0.6) is 0 Å². The quantitative estimate of drug-likeness (QED) is 0.880. The standard InChI is InChI=1S/C16H25N5O/c1-16(2)5-3-6-17-13(16)14(22)20-9-11-21(12-10-20)15-18-7-4-8-19-15/h4,7-8,13,17H,3,5-6,9-12H2,1-2H3. The van der Waals surface area contributed by atoms with E-state index in [4.69, 9.17) is 0 Å². The van der Waals surface area contributed by atoms with Gasteiger partial charge in [0.25, 0.3) is 0 Å². The number of carbonyl (C=O) groups is 1. The van der Waals surface area contributed by atoms with Crippen molar-refractivity contribution in [1.29, 1.82) is 0 Å². The Morgan fingerprint density at radius 2 is 1.91 bits per heavy atom. The van der Waals surface area contributed by atoms with E-state index in [-0.39, 0.29) is 17.4 Å². The Hall–Kier alpha value is -1.69. The van der Waals surface area contributed by atoms with E-state index in [1.165, 1.54) is 0 Å². The number of aromatic nitrogens is 2. The molecule has 3 heterocycles. The van der Waals surface area contributed by atoms with Gasteiger partial charge in [-0.15, -0.1) is 0 Å². The Bertz CT molecular complexity index is 511. The lowest BCUT2D eigenvalue weighted by molar-refractivity contribution is -0.137. The first-order valence-electron chi connectivity index (χ1n) is 8.12. The molecule has 6 nitrogen and oxygen atoms in total. The van der Waals surface area contributed by atoms with Crippen molar-refractivity contribution < 1.29 is 4.79 Å². The number of piperidine rings is 1. The summed E-state index contributed by atoms with van der Waals surface area (Å²) >= 11 is 0. The summed E-state index contributed by atoms with van der Waals surface area (Å²) in [6.45, 7) is 8.39. The maximum atomic E-state index is 12.8. The lowest BCUT2D eigenvalue weighted by atomic mass is 9.77. The summed E-state index contributed by atoms with van der Waals surface area (Å²) in [4.78, 5) is 25.5. The van der Waals surface area contributed by atoms with E-state index in [0.717, 1.165) is 51.5 Å². The average Bonchev–Trinajstić information content (AvgIpc) is 2.55. The summed E-state index contributed by atoms with van der Waals surface area (Å²) in [7, 11) is 0. The molecule has 22 heavy (non-hydrogen) atoms. The van der Waals surface area contributed by atoms with Crippen LogP contribution in [0.1, 0.15) is 26.7 Å². The number of hydrogen-bond donors (Lipinski definition) is 1. The van der Waals surface area contributed by atoms with Gasteiger partial charge >= 0.3 is 0 Å². The summed E-state index contributed by atoms with van der Waals surface area (Å²) in [6.07, 6.45) is 5.77. The minimum atomic E-state index is -0.0548. The first-order chi connectivity index (χ1) is 10.6. The molecule has 0 saturated carbocycles. The Morgan fingerprint density at radius 3 is 2.55 bits per heavy atom. The highest BCUT2D eigenvalue weighted by molar-refractivity contribution is 5.83. The summed E-state index contributed by atoms with van der Waals surface area (Å²) in [5, 5.41) is 3.42. The maximum Gasteiger partial charge on any atom is 0.240 e. The highest BCUT2D eigenvalue weighted by atomic mass is 16.2. The zero-order valence-corrected chi connectivity index (χ0v) is 13.5. The lowest BCUT2D eigenvalue weighted by Crippen LogP contribution is -2.60. The summed E-state index contributed by atoms with van der Waals surface area (Å²) < 4.78 is 0. The van der Waals surface area contributed by atoms with Crippen LogP contribution in [0.4, 0.5) is 5.95 Å². The van der Waals surface area contributed by atoms with Crippen LogP contribution in [-0.2, 0) is 4.79 Å². The summed E-state index contributed by atoms with van der Waals surface area (Å²) in [5.41, 5.74) is 0.0367. The van der Waals surface area contributed by atoms with Gasteiger partial charge in [0.1, 0.15) is 0 Å². The van der Waals surface area contributed by atoms with E-state index in [1.807, 2.05) is 11.0 Å². The number of piperazine rings is 1. The van der Waals surface area contributed by atoms with Crippen molar-refractivity contribution in [2.75, 3.05) is 37.6 Å². The van der Waals surface area contributed by atoms with Crippen LogP contribution >= 0.6 is 0 Å². The van der Waals surface area contributed by atoms with Crippen LogP contribution in [0.15, 0.2) is 18.5 Å². The fourth-order valence-electron chi connectivity index (χ4n) is 3.40. The van der Waals surface area contributed by atoms with Crippen molar-refractivity contribution >= 4 is 11.9 Å². The van der Waals surface area contributed by atoms with E-state index in [1.54, 1.807) is 12.4 Å². The van der Waals surface area contributed by atoms with Crippen LogP contribution in [0.2, 0.25) is 0 Å². The zero-order valence-electron chi connectivity index (χ0n) is 13.5. The molecule has 2 aliphatic heterocycles. The van der Waals surface area contributed by atoms with Crippen molar-refractivity contribution in [3.05, 3.63) is 18.5 Å². The predicted molar refractivity (Wildman–Crippen MR) is 85.6 cm³/mol. The minimum absolute atomic E-state index is 0.0367. The van der Waals surface area contributed by atoms with Gasteiger partial charge in [0, 0.05) is 38.6 Å². The van der Waals surface area contributed by atoms with Gasteiger partial charge < -0.3 is 15.1 Å². The van der Waals surface area contributed by atoms with Gasteiger partial charge in [-0.3, -0.25) is 4.79 Å². The molecule has 120 valence electrons. The molecule has 0 aromatic carbocycles. The van der Waals surface area contributed by atoms with Gasteiger partial charge in [0.2, 0.25) is 11.9 Å². The summed E-state index contributed by atoms with van der Waals surface area (Å²) in [5.74, 6) is 1.00. The number of rotatable bonds is 2. The third kappa shape index (κ3) is 3.06. The third-order valence-corrected chi connectivity index (χ3v) is 4.80. The monoisotopic (exact) mass is 303 g/mol. The molecule has 6 heteroatoms. The van der Waals surface area contributed by atoms with Gasteiger partial charge in [-0.25, -0.2) is 9.97 Å². The predicted octanol–water partition coefficient (Wildman–Crippen LogP) is 0.903. The molecule has 1 unspecified atom stereocenters. The van der Waals surface area contributed by atoms with E-state index in [2.05, 4.69) is 34.0 Å². The second kappa shape index (κ2) is 6.20. The van der Waals surface area contributed by atoms with Gasteiger partial charge in [0.05, 0.1) is 6.04 Å². The molecule has 1 atom stereocenters. The van der Waals surface area contributed by atoms with Crippen molar-refractivity contribution in [1.82, 2.24) is 20.2 Å². The number of anilines is 1. The zero-order chi connectivity index (χ0) is 15.6. The Kier molecular flexibility index (Phi) is 4.29. The lowest BCUT2D eigenvalue weighted by Gasteiger charge is -2.43. The Balaban J connectivity index is 1.60. The van der Waals surface area contributed by atoms with Gasteiger partial charge in [0.15, 0.2) is 0 Å². The molecular formula is C16H25N5O. The molecule has 1 aromatic rings. The van der Waals surface area contributed by atoms with Crippen LogP contribution < -0.4 is 10.2 Å². The topological polar surface area (TPSA) is 61.4 Å². The molecule has 2 fully saturated rings. The normalized spacial score (nSPS) is 25.1. The van der Waals surface area contributed by atoms with E-state index in [0.29, 0.717) is 0 Å². The van der Waals surface area contributed by atoms with Crippen LogP contribution in [0, 0.1) is 5.41 Å². The molecule has 1 aromatic heterocycles. The first-order valence-corrected chi connectivity index (χ1v) is 8.12. The highest BCUT2D eigenvalue weighted by Crippen LogP contribution is 2.31. The largest absolute Gasteiger partial charge is 0.338 e. The Labute approximate surface area is 131 Å². The molecule has 0 spiro atoms. The molecule has 2 aliphatic rings. The van der Waals surface area contributed by atoms with Gasteiger partial charge in [-0.05, 0) is 30.9 Å². The van der Waals surface area contributed by atoms with E-state index < -0.39 is 0 Å². The first kappa shape index (κ1) is 15.2. The number of carbonyl (C=O) groups excluding carboxylic acids is 1. The summed E-state index contributed by atoms with van der Waals surface area (Å²) in [6, 6.07) is 1.76. The third-order valence-electron chi connectivity index (χ3n) is 4.80. The highest BCUT2D eigenvalue weighted by Gasteiger charge is 2.39. The van der Waals surface area contributed by atoms with Crippen molar-refractivity contribution in [3.63, 3.8) is 0 Å². The van der Waals surface area contributed by atoms with Crippen LogP contribution in [0.3, 0.4) is 0 Å². The number of nitrogens with zero attached hydrogens (tertiary/aromatic N) is 4. The van der Waals surface area contributed by atoms with Crippen molar-refractivity contribution in [2.24, 2.45) is 5.41 Å². The second-order valence-electron chi connectivity index (χ2n) is 6.84. The van der Waals surface area contributed by atoms with Crippen molar-refractivity contribution in [3.8, 4) is 0 Å². The van der Waals surface area contributed by atoms with Crippen LogP contribution in [-0.4, -0.2) is 59.5 Å². The molecular weight excluding hydrogens is 278 g/mol. The SMILES string of the molecule is CC1(C)CCCNC1C(=O)N1CCN(c2ncccn2)CC1. The van der Waals surface area contributed by atoms with Gasteiger partial charge in [-0.1, -0.05) is 13.8 Å². The van der Waals surface area contributed by atoms with Gasteiger partial charge in [-0.2, -0.15) is 0 Å². The molecule has 2 saturated heterocycles. The number of nitrogens with one attached hydrogen (secondary N) is 1. The maximum absolute atomic E-state index is 12.8. The fraction of sp³-hybridized carbons (Fsp3) is 0.688. The molecule has 0 radical (unpaired) electrons. The number of amides is 1. The van der Waals surface area contributed by atoms with Crippen molar-refractivity contribution in [2.45, 2.75) is 32.7 Å². The Morgan fingerprint density at radius 1 is 1.23 bits per heavy atom. The average molecular weight is 303 g/mol.